The Morgan fingerprint density at radius 1 is 0.333 bits per heavy atom. The number of rotatable bonds is 5. The molecule has 0 N–H and O–H groups in total. The molecule has 1 aromatic heterocycles. The summed E-state index contributed by atoms with van der Waals surface area (Å²) in [4.78, 5) is 0. The van der Waals surface area contributed by atoms with Crippen LogP contribution in [0.15, 0.2) is 198 Å². The lowest BCUT2D eigenvalue weighted by molar-refractivity contribution is 0.669. The molecule has 0 saturated carbocycles. The molecule has 0 spiro atoms. The van der Waals surface area contributed by atoms with E-state index in [1.165, 1.54) is 0 Å². The molecule has 0 radical (unpaired) electrons. The summed E-state index contributed by atoms with van der Waals surface area (Å²) in [6.07, 6.45) is 0. The average molecular weight is 660 g/mol. The molecule has 10 rings (SSSR count). The predicted molar refractivity (Wildman–Crippen MR) is 216 cm³/mol. The highest BCUT2D eigenvalue weighted by atomic mass is 16.3. The summed E-state index contributed by atoms with van der Waals surface area (Å²) < 4.78 is 103. The summed E-state index contributed by atoms with van der Waals surface area (Å²) >= 11 is 0. The van der Waals surface area contributed by atoms with Crippen LogP contribution in [0, 0.1) is 0 Å². The topological polar surface area (TPSA) is 13.1 Å². The molecule has 51 heavy (non-hydrogen) atoms. The summed E-state index contributed by atoms with van der Waals surface area (Å²) in [7, 11) is 0. The number of benzene rings is 9. The second-order valence-electron chi connectivity index (χ2n) is 12.4. The highest BCUT2D eigenvalue weighted by molar-refractivity contribution is 6.25. The first-order chi connectivity index (χ1) is 29.9. The Kier molecular flexibility index (Phi) is 4.73. The van der Waals surface area contributed by atoms with Crippen LogP contribution in [0.1, 0.15) is 15.1 Å². The van der Waals surface area contributed by atoms with E-state index in [1.54, 1.807) is 0 Å². The van der Waals surface area contributed by atoms with Gasteiger partial charge in [-0.15, -0.1) is 0 Å². The fraction of sp³-hybridized carbons (Fsp3) is 0. The molecule has 1 heteroatoms. The van der Waals surface area contributed by atoms with Crippen molar-refractivity contribution in [1.82, 2.24) is 0 Å². The molecule has 0 saturated heterocycles. The standard InChI is InChI=1S/C50H32O/c1-3-12-33(13-4-1)35-22-24-36(25-23-35)37-26-28-38(29-27-37)48-40-16-7-9-18-42(40)49(43-19-10-8-17-41(43)48)44-20-11-21-47-50(44)45-32-39(30-31-46(45)51-47)34-14-5-2-6-15-34/h1-32H/i2D,5D,6D,11D,14D,15D,20D,21D,30D,31D,32D. The number of fused-ring (bicyclic) bond motifs is 5. The molecule has 1 heterocycles. The first-order valence-electron chi connectivity index (χ1n) is 22.1. The first-order valence-corrected chi connectivity index (χ1v) is 16.6. The van der Waals surface area contributed by atoms with E-state index in [1.807, 2.05) is 66.7 Å². The van der Waals surface area contributed by atoms with Crippen LogP contribution in [0.4, 0.5) is 0 Å². The molecule has 238 valence electrons. The van der Waals surface area contributed by atoms with Gasteiger partial charge in [0.2, 0.25) is 0 Å². The molecule has 0 unspecified atom stereocenters. The zero-order valence-corrected chi connectivity index (χ0v) is 27.0. The summed E-state index contributed by atoms with van der Waals surface area (Å²) in [6, 6.07) is 36.5. The number of hydrogen-bond donors (Lipinski definition) is 0. The SMILES string of the molecule is [2H]c1c([2H])c([2H])c(-c2c([2H])c([2H])c3oc4c([2H])c([2H])c([2H])c(-c5c6ccccc6c(-c6ccc(-c7ccc(-c8ccccc8)cc7)cc6)c6ccccc56)c4c3c2[2H])c([2H])c1[2H]. The van der Waals surface area contributed by atoms with Gasteiger partial charge in [-0.3, -0.25) is 0 Å². The van der Waals surface area contributed by atoms with E-state index in [2.05, 4.69) is 60.7 Å². The van der Waals surface area contributed by atoms with Crippen molar-refractivity contribution in [3.8, 4) is 55.6 Å². The third-order valence-electron chi connectivity index (χ3n) is 9.50. The Bertz CT molecular complexity index is 3420. The van der Waals surface area contributed by atoms with Crippen LogP contribution in [0.25, 0.3) is 99.1 Å². The van der Waals surface area contributed by atoms with E-state index in [9.17, 15) is 2.74 Å². The quantitative estimate of drug-likeness (QED) is 0.168. The molecular weight excluding hydrogens is 617 g/mol. The molecule has 1 nitrogen and oxygen atoms in total. The van der Waals surface area contributed by atoms with Crippen LogP contribution in [0.2, 0.25) is 0 Å². The minimum Gasteiger partial charge on any atom is -0.456 e. The third kappa shape index (κ3) is 4.94. The van der Waals surface area contributed by atoms with Gasteiger partial charge in [0.1, 0.15) is 11.2 Å². The Balaban J connectivity index is 1.24. The molecule has 0 amide bonds. The van der Waals surface area contributed by atoms with Crippen molar-refractivity contribution in [1.29, 1.82) is 0 Å². The lowest BCUT2D eigenvalue weighted by Gasteiger charge is -2.18. The van der Waals surface area contributed by atoms with E-state index in [-0.39, 0.29) is 39.1 Å². The van der Waals surface area contributed by atoms with Gasteiger partial charge in [-0.2, -0.15) is 0 Å². The van der Waals surface area contributed by atoms with Gasteiger partial charge in [-0.05, 0) is 95.3 Å². The molecular formula is C50H32O. The van der Waals surface area contributed by atoms with Crippen molar-refractivity contribution in [2.45, 2.75) is 0 Å². The van der Waals surface area contributed by atoms with Crippen LogP contribution in [-0.2, 0) is 0 Å². The number of hydrogen-bond acceptors (Lipinski definition) is 1. The first kappa shape index (κ1) is 20.1. The predicted octanol–water partition coefficient (Wildman–Crippen LogP) is 14.2. The third-order valence-corrected chi connectivity index (χ3v) is 9.50. The minimum atomic E-state index is -0.657. The van der Waals surface area contributed by atoms with Crippen molar-refractivity contribution in [3.63, 3.8) is 0 Å². The maximum Gasteiger partial charge on any atom is 0.136 e. The van der Waals surface area contributed by atoms with Crippen LogP contribution in [-0.4, -0.2) is 0 Å². The highest BCUT2D eigenvalue weighted by Crippen LogP contribution is 2.47. The van der Waals surface area contributed by atoms with Gasteiger partial charge in [-0.25, -0.2) is 0 Å². The zero-order valence-electron chi connectivity index (χ0n) is 38.0. The Morgan fingerprint density at radius 2 is 0.863 bits per heavy atom. The molecule has 0 bridgehead atoms. The summed E-state index contributed by atoms with van der Waals surface area (Å²) in [6.45, 7) is 0. The smallest absolute Gasteiger partial charge is 0.136 e. The van der Waals surface area contributed by atoms with Crippen LogP contribution in [0.3, 0.4) is 0 Å². The van der Waals surface area contributed by atoms with Gasteiger partial charge in [0.25, 0.3) is 0 Å². The summed E-state index contributed by atoms with van der Waals surface area (Å²) in [5.41, 5.74) is 5.78. The molecule has 0 fully saturated rings. The maximum absolute atomic E-state index is 9.59. The van der Waals surface area contributed by atoms with Gasteiger partial charge in [0, 0.05) is 10.8 Å². The molecule has 9 aromatic carbocycles. The minimum absolute atomic E-state index is 0.0653. The van der Waals surface area contributed by atoms with Crippen LogP contribution >= 0.6 is 0 Å². The highest BCUT2D eigenvalue weighted by Gasteiger charge is 2.20. The van der Waals surface area contributed by atoms with Gasteiger partial charge >= 0.3 is 0 Å². The summed E-state index contributed by atoms with van der Waals surface area (Å²) in [5.74, 6) is 0. The maximum atomic E-state index is 9.59. The largest absolute Gasteiger partial charge is 0.456 e. The molecule has 0 aliphatic rings. The lowest BCUT2D eigenvalue weighted by Crippen LogP contribution is -1.91. The Morgan fingerprint density at radius 3 is 1.47 bits per heavy atom. The van der Waals surface area contributed by atoms with Crippen LogP contribution < -0.4 is 0 Å². The second-order valence-corrected chi connectivity index (χ2v) is 12.4. The van der Waals surface area contributed by atoms with Gasteiger partial charge in [0.15, 0.2) is 0 Å². The lowest BCUT2D eigenvalue weighted by atomic mass is 9.84. The number of furan rings is 1. The van der Waals surface area contributed by atoms with E-state index in [0.717, 1.165) is 44.2 Å². The normalized spacial score (nSPS) is 14.5. The zero-order chi connectivity index (χ0) is 43.3. The Hall–Kier alpha value is -6.70. The van der Waals surface area contributed by atoms with E-state index in [0.29, 0.717) is 16.3 Å². The van der Waals surface area contributed by atoms with Crippen molar-refractivity contribution in [2.75, 3.05) is 0 Å². The molecule has 10 aromatic rings. The van der Waals surface area contributed by atoms with E-state index in [4.69, 9.17) is 16.8 Å². The monoisotopic (exact) mass is 659 g/mol. The molecule has 0 aliphatic carbocycles. The van der Waals surface area contributed by atoms with Crippen LogP contribution in [0.5, 0.6) is 0 Å². The molecule has 0 atom stereocenters. The average Bonchev–Trinajstić information content (AvgIpc) is 3.71. The second kappa shape index (κ2) is 12.0. The van der Waals surface area contributed by atoms with Gasteiger partial charge < -0.3 is 4.42 Å². The fourth-order valence-corrected chi connectivity index (χ4v) is 7.16. The van der Waals surface area contributed by atoms with Crippen molar-refractivity contribution in [2.24, 2.45) is 0 Å². The van der Waals surface area contributed by atoms with Gasteiger partial charge in [0.05, 0.1) is 15.1 Å². The molecule has 0 aliphatic heterocycles. The van der Waals surface area contributed by atoms with Crippen molar-refractivity contribution in [3.05, 3.63) is 194 Å². The van der Waals surface area contributed by atoms with Crippen molar-refractivity contribution < 1.29 is 19.5 Å². The van der Waals surface area contributed by atoms with E-state index < -0.39 is 66.0 Å². The fourth-order valence-electron chi connectivity index (χ4n) is 7.16. The van der Waals surface area contributed by atoms with Crippen molar-refractivity contribution >= 4 is 43.5 Å². The van der Waals surface area contributed by atoms with Gasteiger partial charge in [-0.1, -0.05) is 176 Å². The summed E-state index contributed by atoms with van der Waals surface area (Å²) in [5, 5.41) is 3.12. The Labute approximate surface area is 312 Å². The van der Waals surface area contributed by atoms with E-state index >= 15 is 0 Å².